The molecule has 0 aliphatic carbocycles. The van der Waals surface area contributed by atoms with E-state index in [0.29, 0.717) is 18.5 Å². The van der Waals surface area contributed by atoms with Gasteiger partial charge in [-0.2, -0.15) is 0 Å². The molecule has 0 radical (unpaired) electrons. The molecule has 0 fully saturated rings. The van der Waals surface area contributed by atoms with E-state index in [9.17, 15) is 18.0 Å². The zero-order chi connectivity index (χ0) is 27.0. The van der Waals surface area contributed by atoms with E-state index in [2.05, 4.69) is 5.32 Å². The largest absolute Gasteiger partial charge is 0.357 e. The summed E-state index contributed by atoms with van der Waals surface area (Å²) < 4.78 is 26.9. The third kappa shape index (κ3) is 7.43. The molecule has 3 aromatic carbocycles. The second-order valence-corrected chi connectivity index (χ2v) is 11.0. The molecule has 1 N–H and O–H groups in total. The smallest absolute Gasteiger partial charge is 0.244 e. The SMILES string of the molecule is CCc1ccccc1N(CC(=O)N(Cc1ccc(C)cc1)[C@@H](Cc1ccccc1)C(=O)NC)S(C)(=O)=O. The third-order valence-electron chi connectivity index (χ3n) is 6.31. The second-order valence-electron chi connectivity index (χ2n) is 9.08. The number of hydrogen-bond donors (Lipinski definition) is 1. The van der Waals surface area contributed by atoms with Crippen molar-refractivity contribution in [3.63, 3.8) is 0 Å². The molecule has 0 heterocycles. The number of para-hydroxylation sites is 1. The average molecular weight is 522 g/mol. The van der Waals surface area contributed by atoms with Gasteiger partial charge in [0.2, 0.25) is 21.8 Å². The summed E-state index contributed by atoms with van der Waals surface area (Å²) in [6.07, 6.45) is 2.00. The van der Waals surface area contributed by atoms with Crippen LogP contribution < -0.4 is 9.62 Å². The highest BCUT2D eigenvalue weighted by Gasteiger charge is 2.33. The van der Waals surface area contributed by atoms with E-state index in [1.807, 2.05) is 80.6 Å². The van der Waals surface area contributed by atoms with Gasteiger partial charge in [0.05, 0.1) is 11.9 Å². The van der Waals surface area contributed by atoms with Crippen molar-refractivity contribution in [2.24, 2.45) is 0 Å². The van der Waals surface area contributed by atoms with E-state index < -0.39 is 28.5 Å². The quantitative estimate of drug-likeness (QED) is 0.417. The molecule has 0 unspecified atom stereocenters. The van der Waals surface area contributed by atoms with Gasteiger partial charge >= 0.3 is 0 Å². The molecular formula is C29H35N3O4S. The standard InChI is InChI=1S/C29H35N3O4S/c1-5-25-13-9-10-14-26(25)32(37(4,35)36)21-28(33)31(20-24-17-15-22(2)16-18-24)27(29(34)30-3)19-23-11-7-6-8-12-23/h6-18,27H,5,19-21H2,1-4H3,(H,30,34)/t27-/m0/s1. The van der Waals surface area contributed by atoms with Crippen molar-refractivity contribution in [2.45, 2.75) is 39.3 Å². The fourth-order valence-corrected chi connectivity index (χ4v) is 5.14. The number of aryl methyl sites for hydroxylation is 2. The summed E-state index contributed by atoms with van der Waals surface area (Å²) in [5, 5.41) is 2.68. The molecular weight excluding hydrogens is 486 g/mol. The monoisotopic (exact) mass is 521 g/mol. The van der Waals surface area contributed by atoms with Crippen LogP contribution in [0.4, 0.5) is 5.69 Å². The topological polar surface area (TPSA) is 86.8 Å². The molecule has 3 aromatic rings. The van der Waals surface area contributed by atoms with E-state index in [1.165, 1.54) is 11.9 Å². The molecule has 8 heteroatoms. The lowest BCUT2D eigenvalue weighted by atomic mass is 10.0. The van der Waals surface area contributed by atoms with Crippen LogP contribution in [0.2, 0.25) is 0 Å². The first kappa shape index (κ1) is 27.9. The third-order valence-corrected chi connectivity index (χ3v) is 7.44. The van der Waals surface area contributed by atoms with Crippen LogP contribution in [-0.4, -0.2) is 51.0 Å². The summed E-state index contributed by atoms with van der Waals surface area (Å²) >= 11 is 0. The van der Waals surface area contributed by atoms with Gasteiger partial charge in [-0.05, 0) is 36.1 Å². The first-order chi connectivity index (χ1) is 17.6. The fraction of sp³-hybridized carbons (Fsp3) is 0.310. The number of sulfonamides is 1. The Morgan fingerprint density at radius 1 is 0.892 bits per heavy atom. The van der Waals surface area contributed by atoms with Crippen molar-refractivity contribution < 1.29 is 18.0 Å². The molecule has 7 nitrogen and oxygen atoms in total. The van der Waals surface area contributed by atoms with Crippen LogP contribution in [-0.2, 0) is 39.0 Å². The van der Waals surface area contributed by atoms with E-state index in [-0.39, 0.29) is 12.5 Å². The number of rotatable bonds is 11. The number of benzene rings is 3. The Morgan fingerprint density at radius 3 is 2.11 bits per heavy atom. The van der Waals surface area contributed by atoms with E-state index in [0.717, 1.165) is 32.8 Å². The molecule has 0 spiro atoms. The highest BCUT2D eigenvalue weighted by atomic mass is 32.2. The number of anilines is 1. The molecule has 0 saturated heterocycles. The van der Waals surface area contributed by atoms with Crippen molar-refractivity contribution in [1.29, 1.82) is 0 Å². The molecule has 196 valence electrons. The number of hydrogen-bond acceptors (Lipinski definition) is 4. The summed E-state index contributed by atoms with van der Waals surface area (Å²) in [5.74, 6) is -0.773. The zero-order valence-corrected chi connectivity index (χ0v) is 22.7. The molecule has 37 heavy (non-hydrogen) atoms. The molecule has 1 atom stereocenters. The predicted octanol–water partition coefficient (Wildman–Crippen LogP) is 3.71. The van der Waals surface area contributed by atoms with Crippen molar-refractivity contribution in [2.75, 3.05) is 24.2 Å². The van der Waals surface area contributed by atoms with Crippen molar-refractivity contribution >= 4 is 27.5 Å². The van der Waals surface area contributed by atoms with Crippen LogP contribution in [0.5, 0.6) is 0 Å². The molecule has 0 aromatic heterocycles. The molecule has 2 amide bonds. The van der Waals surface area contributed by atoms with E-state index in [1.54, 1.807) is 12.1 Å². The Morgan fingerprint density at radius 2 is 1.51 bits per heavy atom. The maximum Gasteiger partial charge on any atom is 0.244 e. The lowest BCUT2D eigenvalue weighted by Gasteiger charge is -2.33. The minimum Gasteiger partial charge on any atom is -0.357 e. The molecule has 0 saturated carbocycles. The van der Waals surface area contributed by atoms with Crippen LogP contribution in [0.1, 0.15) is 29.2 Å². The van der Waals surface area contributed by atoms with E-state index >= 15 is 0 Å². The van der Waals surface area contributed by atoms with Crippen LogP contribution >= 0.6 is 0 Å². The number of carbonyl (C=O) groups excluding carboxylic acids is 2. The van der Waals surface area contributed by atoms with Gasteiger partial charge < -0.3 is 10.2 Å². The summed E-state index contributed by atoms with van der Waals surface area (Å²) in [5.41, 5.74) is 4.11. The van der Waals surface area contributed by atoms with Crippen molar-refractivity contribution in [1.82, 2.24) is 10.2 Å². The number of amides is 2. The van der Waals surface area contributed by atoms with Gasteiger partial charge in [0.25, 0.3) is 0 Å². The maximum absolute atomic E-state index is 13.9. The minimum absolute atomic E-state index is 0.164. The second kappa shape index (κ2) is 12.5. The Balaban J connectivity index is 2.04. The molecule has 0 bridgehead atoms. The highest BCUT2D eigenvalue weighted by Crippen LogP contribution is 2.24. The Bertz CT molecular complexity index is 1310. The van der Waals surface area contributed by atoms with Crippen LogP contribution in [0.3, 0.4) is 0 Å². The van der Waals surface area contributed by atoms with E-state index in [4.69, 9.17) is 0 Å². The van der Waals surface area contributed by atoms with Crippen molar-refractivity contribution in [3.8, 4) is 0 Å². The Kier molecular flexibility index (Phi) is 9.47. The number of nitrogens with one attached hydrogen (secondary N) is 1. The Hall–Kier alpha value is -3.65. The van der Waals surface area contributed by atoms with Gasteiger partial charge in [-0.1, -0.05) is 85.3 Å². The molecule has 0 aliphatic rings. The lowest BCUT2D eigenvalue weighted by molar-refractivity contribution is -0.139. The molecule has 0 aliphatic heterocycles. The minimum atomic E-state index is -3.78. The first-order valence-electron chi connectivity index (χ1n) is 12.3. The number of carbonyl (C=O) groups is 2. The van der Waals surface area contributed by atoms with Gasteiger partial charge in [0, 0.05) is 20.0 Å². The summed E-state index contributed by atoms with van der Waals surface area (Å²) in [4.78, 5) is 28.5. The first-order valence-corrected chi connectivity index (χ1v) is 14.1. The lowest BCUT2D eigenvalue weighted by Crippen LogP contribution is -2.53. The van der Waals surface area contributed by atoms with Crippen LogP contribution in [0.15, 0.2) is 78.9 Å². The van der Waals surface area contributed by atoms with Crippen LogP contribution in [0.25, 0.3) is 0 Å². The maximum atomic E-state index is 13.9. The fourth-order valence-electron chi connectivity index (χ4n) is 4.26. The highest BCUT2D eigenvalue weighted by molar-refractivity contribution is 7.92. The summed E-state index contributed by atoms with van der Waals surface area (Å²) in [6.45, 7) is 3.66. The predicted molar refractivity (Wildman–Crippen MR) is 148 cm³/mol. The molecule has 3 rings (SSSR count). The average Bonchev–Trinajstić information content (AvgIpc) is 2.89. The van der Waals surface area contributed by atoms with Crippen molar-refractivity contribution in [3.05, 3.63) is 101 Å². The normalized spacial score (nSPS) is 12.0. The number of likely N-dealkylation sites (N-methyl/N-ethyl adjacent to an activating group) is 1. The zero-order valence-electron chi connectivity index (χ0n) is 21.8. The van der Waals surface area contributed by atoms with Gasteiger partial charge in [0.1, 0.15) is 12.6 Å². The van der Waals surface area contributed by atoms with Gasteiger partial charge in [-0.25, -0.2) is 8.42 Å². The van der Waals surface area contributed by atoms with Gasteiger partial charge in [-0.15, -0.1) is 0 Å². The van der Waals surface area contributed by atoms with Crippen LogP contribution in [0, 0.1) is 6.92 Å². The van der Waals surface area contributed by atoms with Gasteiger partial charge in [-0.3, -0.25) is 13.9 Å². The van der Waals surface area contributed by atoms with Gasteiger partial charge in [0.15, 0.2) is 0 Å². The summed E-state index contributed by atoms with van der Waals surface area (Å²) in [6, 6.07) is 23.5. The Labute approximate surface area is 220 Å². The number of nitrogens with zero attached hydrogens (tertiary/aromatic N) is 2. The summed E-state index contributed by atoms with van der Waals surface area (Å²) in [7, 11) is -2.25.